The molecule has 0 aliphatic carbocycles. The topological polar surface area (TPSA) is 38.7 Å². The molecule has 0 aromatic heterocycles. The maximum atomic E-state index is 9.52. The number of hydrogen-bond acceptors (Lipinski definition) is 4. The summed E-state index contributed by atoms with van der Waals surface area (Å²) in [5.41, 5.74) is 0.987. The lowest BCUT2D eigenvalue weighted by molar-refractivity contribution is -0.0958. The van der Waals surface area contributed by atoms with Gasteiger partial charge in [-0.15, -0.1) is 0 Å². The Hall–Kier alpha value is -0.710. The zero-order valence-electron chi connectivity index (χ0n) is 11.9. The van der Waals surface area contributed by atoms with E-state index < -0.39 is 6.10 Å². The van der Waals surface area contributed by atoms with Crippen LogP contribution in [-0.2, 0) is 4.74 Å². The van der Waals surface area contributed by atoms with E-state index in [0.29, 0.717) is 0 Å². The zero-order valence-corrected chi connectivity index (χ0v) is 12.7. The summed E-state index contributed by atoms with van der Waals surface area (Å²) < 4.78 is 12.1. The molecule has 3 atom stereocenters. The summed E-state index contributed by atoms with van der Waals surface area (Å²) in [6.07, 6.45) is 2.94. The van der Waals surface area contributed by atoms with Crippen LogP contribution in [-0.4, -0.2) is 34.9 Å². The van der Waals surface area contributed by atoms with Gasteiger partial charge in [-0.05, 0) is 36.8 Å². The second-order valence-electron chi connectivity index (χ2n) is 5.81. The molecule has 110 valence electrons. The quantitative estimate of drug-likeness (QED) is 0.929. The number of rotatable bonds is 3. The van der Waals surface area contributed by atoms with Crippen molar-refractivity contribution in [1.82, 2.24) is 0 Å². The largest absolute Gasteiger partial charge is 0.490 e. The van der Waals surface area contributed by atoms with Gasteiger partial charge >= 0.3 is 0 Å². The predicted octanol–water partition coefficient (Wildman–Crippen LogP) is 3.17. The van der Waals surface area contributed by atoms with Crippen LogP contribution in [0.15, 0.2) is 24.3 Å². The summed E-state index contributed by atoms with van der Waals surface area (Å²) in [6, 6.07) is 7.77. The van der Waals surface area contributed by atoms with E-state index in [0.717, 1.165) is 42.9 Å². The van der Waals surface area contributed by atoms with Gasteiger partial charge in [-0.1, -0.05) is 12.1 Å². The Bertz CT molecular complexity index is 438. The van der Waals surface area contributed by atoms with Crippen molar-refractivity contribution in [1.29, 1.82) is 0 Å². The lowest BCUT2D eigenvalue weighted by Gasteiger charge is -2.37. The fraction of sp³-hybridized carbons (Fsp3) is 0.625. The molecule has 3 nitrogen and oxygen atoms in total. The van der Waals surface area contributed by atoms with Gasteiger partial charge in [0.15, 0.2) is 0 Å². The third-order valence-electron chi connectivity index (χ3n) is 4.18. The maximum absolute atomic E-state index is 9.52. The molecule has 0 saturated carbocycles. The van der Waals surface area contributed by atoms with Crippen LogP contribution in [0.25, 0.3) is 0 Å². The molecular formula is C16H22O3S. The van der Waals surface area contributed by atoms with Gasteiger partial charge < -0.3 is 14.6 Å². The van der Waals surface area contributed by atoms with Gasteiger partial charge in [0.05, 0.1) is 18.3 Å². The highest BCUT2D eigenvalue weighted by Crippen LogP contribution is 2.39. The van der Waals surface area contributed by atoms with E-state index in [1.807, 2.05) is 36.0 Å². The number of benzene rings is 1. The predicted molar refractivity (Wildman–Crippen MR) is 81.4 cm³/mol. The second kappa shape index (κ2) is 5.96. The van der Waals surface area contributed by atoms with E-state index in [-0.39, 0.29) is 11.7 Å². The summed E-state index contributed by atoms with van der Waals surface area (Å²) in [4.78, 5) is 0. The molecular weight excluding hydrogens is 272 g/mol. The Labute approximate surface area is 124 Å². The molecule has 1 aromatic carbocycles. The Balaban J connectivity index is 1.62. The van der Waals surface area contributed by atoms with Crippen LogP contribution >= 0.6 is 11.8 Å². The van der Waals surface area contributed by atoms with Crippen molar-refractivity contribution in [2.24, 2.45) is 0 Å². The first-order valence-electron chi connectivity index (χ1n) is 7.33. The van der Waals surface area contributed by atoms with E-state index >= 15 is 0 Å². The van der Waals surface area contributed by atoms with Crippen LogP contribution in [0.2, 0.25) is 0 Å². The van der Waals surface area contributed by atoms with Crippen molar-refractivity contribution in [3.63, 3.8) is 0 Å². The first-order chi connectivity index (χ1) is 9.67. The highest BCUT2D eigenvalue weighted by molar-refractivity contribution is 7.99. The first-order valence-corrected chi connectivity index (χ1v) is 8.49. The van der Waals surface area contributed by atoms with Crippen LogP contribution in [0.3, 0.4) is 0 Å². The normalized spacial score (nSPS) is 31.4. The molecule has 0 amide bonds. The fourth-order valence-corrected chi connectivity index (χ4v) is 4.34. The molecule has 1 spiro atoms. The fourth-order valence-electron chi connectivity index (χ4n) is 2.96. The van der Waals surface area contributed by atoms with Crippen molar-refractivity contribution >= 4 is 11.8 Å². The summed E-state index contributed by atoms with van der Waals surface area (Å²) in [5, 5.41) is 9.52. The van der Waals surface area contributed by atoms with Crippen molar-refractivity contribution in [2.45, 2.75) is 44.0 Å². The molecule has 20 heavy (non-hydrogen) atoms. The summed E-state index contributed by atoms with van der Waals surface area (Å²) >= 11 is 1.98. The molecule has 2 saturated heterocycles. The van der Waals surface area contributed by atoms with Gasteiger partial charge in [-0.2, -0.15) is 11.8 Å². The molecule has 2 unspecified atom stereocenters. The van der Waals surface area contributed by atoms with Crippen molar-refractivity contribution in [3.05, 3.63) is 29.8 Å². The minimum absolute atomic E-state index is 0.0626. The molecule has 0 radical (unpaired) electrons. The number of thioether (sulfide) groups is 1. The third kappa shape index (κ3) is 3.13. The molecule has 2 aliphatic rings. The average Bonchev–Trinajstić information content (AvgIpc) is 2.87. The Kier molecular flexibility index (Phi) is 4.24. The van der Waals surface area contributed by atoms with Crippen LogP contribution in [0.1, 0.15) is 37.9 Å². The molecule has 0 bridgehead atoms. The minimum atomic E-state index is -0.425. The van der Waals surface area contributed by atoms with Crippen LogP contribution in [0.5, 0.6) is 5.75 Å². The Morgan fingerprint density at radius 2 is 2.20 bits per heavy atom. The van der Waals surface area contributed by atoms with Crippen LogP contribution in [0, 0.1) is 0 Å². The highest BCUT2D eigenvalue weighted by atomic mass is 32.2. The molecule has 2 heterocycles. The maximum Gasteiger partial charge on any atom is 0.119 e. The lowest BCUT2D eigenvalue weighted by atomic mass is 9.91. The molecule has 2 aliphatic heterocycles. The van der Waals surface area contributed by atoms with Crippen molar-refractivity contribution < 1.29 is 14.6 Å². The molecule has 1 aromatic rings. The number of hydrogen-bond donors (Lipinski definition) is 1. The monoisotopic (exact) mass is 294 g/mol. The van der Waals surface area contributed by atoms with Gasteiger partial charge in [0.25, 0.3) is 0 Å². The standard InChI is InChI=1S/C16H22O3S/c1-12(17)13-2-4-14(5-3-13)19-15-6-8-18-16(10-15)7-9-20-11-16/h2-5,12,15,17H,6-11H2,1H3/t12-,15?,16?/m0/s1. The number of aliphatic hydroxyl groups excluding tert-OH is 1. The molecule has 1 N–H and O–H groups in total. The van der Waals surface area contributed by atoms with Crippen LogP contribution in [0.4, 0.5) is 0 Å². The van der Waals surface area contributed by atoms with Gasteiger partial charge in [0, 0.05) is 18.6 Å². The summed E-state index contributed by atoms with van der Waals surface area (Å²) in [5.74, 6) is 3.20. The zero-order chi connectivity index (χ0) is 14.0. The number of ether oxygens (including phenoxy) is 2. The van der Waals surface area contributed by atoms with E-state index in [1.165, 1.54) is 5.75 Å². The van der Waals surface area contributed by atoms with Gasteiger partial charge in [-0.3, -0.25) is 0 Å². The van der Waals surface area contributed by atoms with E-state index in [4.69, 9.17) is 9.47 Å². The lowest BCUT2D eigenvalue weighted by Crippen LogP contribution is -2.43. The van der Waals surface area contributed by atoms with Crippen LogP contribution < -0.4 is 4.74 Å². The third-order valence-corrected chi connectivity index (χ3v) is 5.40. The van der Waals surface area contributed by atoms with Gasteiger partial charge in [0.1, 0.15) is 11.9 Å². The Morgan fingerprint density at radius 1 is 1.40 bits per heavy atom. The second-order valence-corrected chi connectivity index (χ2v) is 6.92. The van der Waals surface area contributed by atoms with Crippen molar-refractivity contribution in [3.8, 4) is 5.75 Å². The average molecular weight is 294 g/mol. The van der Waals surface area contributed by atoms with E-state index in [1.54, 1.807) is 6.92 Å². The molecule has 2 fully saturated rings. The smallest absolute Gasteiger partial charge is 0.119 e. The van der Waals surface area contributed by atoms with Crippen molar-refractivity contribution in [2.75, 3.05) is 18.1 Å². The van der Waals surface area contributed by atoms with E-state index in [9.17, 15) is 5.11 Å². The number of aliphatic hydroxyl groups is 1. The Morgan fingerprint density at radius 3 is 2.85 bits per heavy atom. The van der Waals surface area contributed by atoms with Gasteiger partial charge in [-0.25, -0.2) is 0 Å². The summed E-state index contributed by atoms with van der Waals surface area (Å²) in [7, 11) is 0. The highest BCUT2D eigenvalue weighted by Gasteiger charge is 2.41. The van der Waals surface area contributed by atoms with E-state index in [2.05, 4.69) is 0 Å². The minimum Gasteiger partial charge on any atom is -0.490 e. The first kappa shape index (κ1) is 14.2. The summed E-state index contributed by atoms with van der Waals surface area (Å²) in [6.45, 7) is 2.58. The molecule has 3 rings (SSSR count). The van der Waals surface area contributed by atoms with Gasteiger partial charge in [0.2, 0.25) is 0 Å². The SMILES string of the molecule is C[C@H](O)c1ccc(OC2CCOC3(CCSC3)C2)cc1. The molecule has 4 heteroatoms.